The number of carbonyl (C=O) groups is 3. The summed E-state index contributed by atoms with van der Waals surface area (Å²) in [5.41, 5.74) is 2.79. The molecule has 0 saturated heterocycles. The van der Waals surface area contributed by atoms with Gasteiger partial charge in [-0.25, -0.2) is 4.79 Å². The Balaban J connectivity index is 1.65. The Morgan fingerprint density at radius 2 is 1.53 bits per heavy atom. The summed E-state index contributed by atoms with van der Waals surface area (Å²) in [7, 11) is 0. The van der Waals surface area contributed by atoms with E-state index in [9.17, 15) is 14.4 Å². The van der Waals surface area contributed by atoms with Crippen molar-refractivity contribution in [1.82, 2.24) is 0 Å². The molecule has 0 aliphatic carbocycles. The lowest BCUT2D eigenvalue weighted by Gasteiger charge is -2.16. The molecular formula is C26H25NO4S. The van der Waals surface area contributed by atoms with Gasteiger partial charge < -0.3 is 10.1 Å². The zero-order valence-corrected chi connectivity index (χ0v) is 18.6. The van der Waals surface area contributed by atoms with Crippen molar-refractivity contribution in [3.8, 4) is 0 Å². The number of hydrogen-bond donors (Lipinski definition) is 1. The van der Waals surface area contributed by atoms with Crippen molar-refractivity contribution >= 4 is 34.4 Å². The maximum Gasteiger partial charge on any atom is 0.338 e. The Hall–Kier alpha value is -3.38. The zero-order chi connectivity index (χ0) is 22.8. The number of anilines is 1. The summed E-state index contributed by atoms with van der Waals surface area (Å²) in [6, 6.07) is 25.8. The van der Waals surface area contributed by atoms with Gasteiger partial charge in [-0.3, -0.25) is 9.59 Å². The normalized spacial score (nSPS) is 11.4. The van der Waals surface area contributed by atoms with Crippen LogP contribution in [0.1, 0.15) is 28.4 Å². The summed E-state index contributed by atoms with van der Waals surface area (Å²) in [4.78, 5) is 36.8. The molecule has 0 heterocycles. The van der Waals surface area contributed by atoms with E-state index in [0.29, 0.717) is 23.4 Å². The highest BCUT2D eigenvalue weighted by molar-refractivity contribution is 8.13. The van der Waals surface area contributed by atoms with Crippen molar-refractivity contribution in [2.45, 2.75) is 20.0 Å². The van der Waals surface area contributed by atoms with Crippen LogP contribution in [-0.4, -0.2) is 22.7 Å². The van der Waals surface area contributed by atoms with Gasteiger partial charge in [0.1, 0.15) is 6.61 Å². The number of carbonyl (C=O) groups excluding carboxylic acids is 3. The Morgan fingerprint density at radius 1 is 0.875 bits per heavy atom. The van der Waals surface area contributed by atoms with Crippen LogP contribution in [0, 0.1) is 5.92 Å². The second kappa shape index (κ2) is 11.9. The van der Waals surface area contributed by atoms with Crippen LogP contribution in [0.5, 0.6) is 0 Å². The summed E-state index contributed by atoms with van der Waals surface area (Å²) in [5.74, 6) is -0.662. The van der Waals surface area contributed by atoms with Gasteiger partial charge in [0.05, 0.1) is 11.5 Å². The molecule has 0 aliphatic rings. The fraction of sp³-hybridized carbons (Fsp3) is 0.192. The Bertz CT molecular complexity index is 1050. The highest BCUT2D eigenvalue weighted by Gasteiger charge is 2.21. The van der Waals surface area contributed by atoms with E-state index in [-0.39, 0.29) is 23.5 Å². The van der Waals surface area contributed by atoms with Crippen molar-refractivity contribution in [2.75, 3.05) is 11.1 Å². The molecular weight excluding hydrogens is 422 g/mol. The van der Waals surface area contributed by atoms with Crippen molar-refractivity contribution in [3.05, 3.63) is 102 Å². The Morgan fingerprint density at radius 3 is 2.19 bits per heavy atom. The first-order chi connectivity index (χ1) is 15.5. The van der Waals surface area contributed by atoms with Gasteiger partial charge >= 0.3 is 5.97 Å². The van der Waals surface area contributed by atoms with Crippen molar-refractivity contribution in [2.24, 2.45) is 5.92 Å². The minimum atomic E-state index is -0.460. The molecule has 1 atom stereocenters. The zero-order valence-electron chi connectivity index (χ0n) is 17.8. The largest absolute Gasteiger partial charge is 0.457 e. The van der Waals surface area contributed by atoms with Crippen LogP contribution in [0.3, 0.4) is 0 Å². The highest BCUT2D eigenvalue weighted by Crippen LogP contribution is 2.19. The summed E-state index contributed by atoms with van der Waals surface area (Å²) in [6.45, 7) is 1.67. The molecule has 1 amide bonds. The van der Waals surface area contributed by atoms with Crippen molar-refractivity contribution in [1.29, 1.82) is 0 Å². The quantitative estimate of drug-likeness (QED) is 0.461. The molecule has 5 nitrogen and oxygen atoms in total. The topological polar surface area (TPSA) is 72.5 Å². The number of esters is 1. The van der Waals surface area contributed by atoms with E-state index < -0.39 is 5.97 Å². The van der Waals surface area contributed by atoms with Crippen molar-refractivity contribution in [3.63, 3.8) is 0 Å². The van der Waals surface area contributed by atoms with E-state index in [4.69, 9.17) is 4.74 Å². The molecule has 3 aromatic rings. The lowest BCUT2D eigenvalue weighted by Crippen LogP contribution is -2.27. The second-order valence-electron chi connectivity index (χ2n) is 7.32. The Kier molecular flexibility index (Phi) is 8.63. The maximum atomic E-state index is 13.0. The molecule has 0 bridgehead atoms. The first-order valence-electron chi connectivity index (χ1n) is 10.3. The van der Waals surface area contributed by atoms with Gasteiger partial charge in [-0.05, 0) is 35.7 Å². The van der Waals surface area contributed by atoms with Crippen LogP contribution in [0.25, 0.3) is 0 Å². The molecule has 1 N–H and O–H groups in total. The first-order valence-corrected chi connectivity index (χ1v) is 11.3. The number of nitrogens with one attached hydrogen (secondary N) is 1. The molecule has 0 radical (unpaired) electrons. The monoisotopic (exact) mass is 447 g/mol. The van der Waals surface area contributed by atoms with Crippen LogP contribution < -0.4 is 5.32 Å². The van der Waals surface area contributed by atoms with E-state index in [2.05, 4.69) is 5.32 Å². The van der Waals surface area contributed by atoms with Crippen LogP contribution >= 0.6 is 11.8 Å². The minimum absolute atomic E-state index is 0.0287. The summed E-state index contributed by atoms with van der Waals surface area (Å²) in [6.07, 6.45) is 0.520. The number of hydrogen-bond acceptors (Lipinski definition) is 5. The molecule has 3 rings (SSSR count). The number of thioether (sulfide) groups is 1. The van der Waals surface area contributed by atoms with Gasteiger partial charge in [0.15, 0.2) is 5.12 Å². The summed E-state index contributed by atoms with van der Waals surface area (Å²) >= 11 is 1.14. The Labute approximate surface area is 192 Å². The highest BCUT2D eigenvalue weighted by atomic mass is 32.2. The van der Waals surface area contributed by atoms with Gasteiger partial charge in [0.2, 0.25) is 5.91 Å². The number of amides is 1. The molecule has 0 aromatic heterocycles. The third-order valence-corrected chi connectivity index (χ3v) is 5.74. The lowest BCUT2D eigenvalue weighted by molar-refractivity contribution is -0.119. The lowest BCUT2D eigenvalue weighted by atomic mass is 10.00. The van der Waals surface area contributed by atoms with E-state index in [1.54, 1.807) is 24.3 Å². The van der Waals surface area contributed by atoms with E-state index in [1.165, 1.54) is 6.92 Å². The van der Waals surface area contributed by atoms with Crippen LogP contribution in [0.4, 0.5) is 5.69 Å². The molecule has 0 spiro atoms. The fourth-order valence-electron chi connectivity index (χ4n) is 3.12. The molecule has 164 valence electrons. The van der Waals surface area contributed by atoms with Gasteiger partial charge in [0.25, 0.3) is 0 Å². The average Bonchev–Trinajstić information content (AvgIpc) is 2.81. The summed E-state index contributed by atoms with van der Waals surface area (Å²) < 4.78 is 5.37. The third kappa shape index (κ3) is 7.39. The third-order valence-electron chi connectivity index (χ3n) is 4.76. The molecule has 0 fully saturated rings. The smallest absolute Gasteiger partial charge is 0.338 e. The van der Waals surface area contributed by atoms with Crippen molar-refractivity contribution < 1.29 is 19.1 Å². The van der Waals surface area contributed by atoms with E-state index >= 15 is 0 Å². The average molecular weight is 448 g/mol. The number of ether oxygens (including phenoxy) is 1. The van der Waals surface area contributed by atoms with Crippen LogP contribution in [0.2, 0.25) is 0 Å². The SMILES string of the molecule is CC(=O)SCC(Cc1ccccc1)C(=O)Nc1cccc(C(=O)OCc2ccccc2)c1. The number of benzene rings is 3. The molecule has 3 aromatic carbocycles. The standard InChI is InChI=1S/C26H25NO4S/c1-19(28)32-18-23(15-20-9-4-2-5-10-20)25(29)27-24-14-8-13-22(16-24)26(30)31-17-21-11-6-3-7-12-21/h2-14,16,23H,15,17-18H2,1H3,(H,27,29). The molecule has 6 heteroatoms. The maximum absolute atomic E-state index is 13.0. The van der Waals surface area contributed by atoms with E-state index in [1.807, 2.05) is 60.7 Å². The molecule has 32 heavy (non-hydrogen) atoms. The van der Waals surface area contributed by atoms with Gasteiger partial charge in [-0.15, -0.1) is 0 Å². The summed E-state index contributed by atoms with van der Waals surface area (Å²) in [5, 5.41) is 2.86. The molecule has 0 saturated carbocycles. The number of rotatable bonds is 9. The first kappa shape index (κ1) is 23.3. The van der Waals surface area contributed by atoms with Gasteiger partial charge in [-0.2, -0.15) is 0 Å². The van der Waals surface area contributed by atoms with E-state index in [0.717, 1.165) is 22.9 Å². The van der Waals surface area contributed by atoms with Crippen LogP contribution in [0.15, 0.2) is 84.9 Å². The minimum Gasteiger partial charge on any atom is -0.457 e. The predicted octanol–water partition coefficient (Wildman–Crippen LogP) is 5.12. The molecule has 1 unspecified atom stereocenters. The predicted molar refractivity (Wildman–Crippen MR) is 127 cm³/mol. The fourth-order valence-corrected chi connectivity index (χ4v) is 3.82. The van der Waals surface area contributed by atoms with Crippen LogP contribution in [-0.2, 0) is 27.4 Å². The molecule has 0 aliphatic heterocycles. The van der Waals surface area contributed by atoms with Gasteiger partial charge in [-0.1, -0.05) is 78.5 Å². The van der Waals surface area contributed by atoms with Gasteiger partial charge in [0, 0.05) is 18.4 Å². The second-order valence-corrected chi connectivity index (χ2v) is 8.52.